The number of nitrogens with zero attached hydrogens (tertiary/aromatic N) is 4. The van der Waals surface area contributed by atoms with Crippen molar-refractivity contribution in [1.29, 1.82) is 0 Å². The van der Waals surface area contributed by atoms with Crippen molar-refractivity contribution >= 4 is 46.0 Å². The predicted octanol–water partition coefficient (Wildman–Crippen LogP) is 5.19. The first kappa shape index (κ1) is 25.7. The van der Waals surface area contributed by atoms with Gasteiger partial charge < -0.3 is 16.2 Å². The molecule has 9 nitrogen and oxygen atoms in total. The highest BCUT2D eigenvalue weighted by molar-refractivity contribution is 6.31. The fraction of sp³-hybridized carbons (Fsp3) is 0.321. The van der Waals surface area contributed by atoms with E-state index in [9.17, 15) is 9.59 Å². The van der Waals surface area contributed by atoms with Crippen molar-refractivity contribution in [3.05, 3.63) is 64.2 Å². The minimum absolute atomic E-state index is 0.0404. The third-order valence-electron chi connectivity index (χ3n) is 7.18. The number of nitrogens with one attached hydrogen (secondary N) is 1. The second kappa shape index (κ2) is 10.1. The molecule has 2 aromatic carbocycles. The minimum atomic E-state index is -1.10. The zero-order valence-corrected chi connectivity index (χ0v) is 22.0. The van der Waals surface area contributed by atoms with Crippen LogP contribution in [0.3, 0.4) is 0 Å². The summed E-state index contributed by atoms with van der Waals surface area (Å²) in [7, 11) is 0. The number of amides is 1. The molecule has 10 heteroatoms. The molecule has 1 aliphatic heterocycles. The van der Waals surface area contributed by atoms with Crippen LogP contribution >= 0.6 is 11.6 Å². The number of fused-ring (bicyclic) bond motifs is 2. The van der Waals surface area contributed by atoms with Crippen LogP contribution in [0.1, 0.15) is 56.2 Å². The number of aliphatic carboxylic acids is 1. The Kier molecular flexibility index (Phi) is 6.79. The van der Waals surface area contributed by atoms with E-state index in [0.717, 1.165) is 47.8 Å². The fourth-order valence-corrected chi connectivity index (χ4v) is 5.21. The van der Waals surface area contributed by atoms with Crippen molar-refractivity contribution in [3.63, 3.8) is 0 Å². The second-order valence-electron chi connectivity index (χ2n) is 9.77. The van der Waals surface area contributed by atoms with Gasteiger partial charge in [0.1, 0.15) is 22.7 Å². The van der Waals surface area contributed by atoms with Crippen LogP contribution in [0, 0.1) is 0 Å². The first-order chi connectivity index (χ1) is 18.2. The SMILES string of the molecule is CCCCCn1nc(-c2nc(N)c3c(n2)NC(=O)[C@@]3(C)c2ccc(CCC(=O)O)cc2)c2ccc(Cl)cc21. The summed E-state index contributed by atoms with van der Waals surface area (Å²) >= 11 is 6.29. The quantitative estimate of drug-likeness (QED) is 0.252. The lowest BCUT2D eigenvalue weighted by Crippen LogP contribution is -2.33. The Balaban J connectivity index is 1.54. The topological polar surface area (TPSA) is 136 Å². The maximum atomic E-state index is 13.3. The fourth-order valence-electron chi connectivity index (χ4n) is 5.04. The zero-order chi connectivity index (χ0) is 27.0. The third-order valence-corrected chi connectivity index (χ3v) is 7.42. The number of hydrogen-bond donors (Lipinski definition) is 3. The molecular weight excluding hydrogens is 504 g/mol. The Morgan fingerprint density at radius 2 is 1.92 bits per heavy atom. The predicted molar refractivity (Wildman–Crippen MR) is 147 cm³/mol. The van der Waals surface area contributed by atoms with E-state index in [1.165, 1.54) is 0 Å². The van der Waals surface area contributed by atoms with Crippen LogP contribution in [0.4, 0.5) is 11.6 Å². The van der Waals surface area contributed by atoms with Crippen LogP contribution in [0.25, 0.3) is 22.4 Å². The molecule has 0 bridgehead atoms. The molecule has 2 aromatic heterocycles. The lowest BCUT2D eigenvalue weighted by molar-refractivity contribution is -0.137. The number of benzene rings is 2. The number of unbranched alkanes of at least 4 members (excludes halogenated alkanes) is 2. The van der Waals surface area contributed by atoms with Crippen molar-refractivity contribution in [3.8, 4) is 11.5 Å². The van der Waals surface area contributed by atoms with Crippen molar-refractivity contribution in [1.82, 2.24) is 19.7 Å². The van der Waals surface area contributed by atoms with Gasteiger partial charge in [-0.2, -0.15) is 5.10 Å². The summed E-state index contributed by atoms with van der Waals surface area (Å²) in [6.07, 6.45) is 3.62. The van der Waals surface area contributed by atoms with E-state index in [1.54, 1.807) is 13.0 Å². The number of carboxylic acids is 1. The largest absolute Gasteiger partial charge is 0.481 e. The van der Waals surface area contributed by atoms with Gasteiger partial charge in [-0.1, -0.05) is 55.6 Å². The van der Waals surface area contributed by atoms with E-state index in [2.05, 4.69) is 17.2 Å². The highest BCUT2D eigenvalue weighted by Crippen LogP contribution is 2.45. The molecule has 1 amide bonds. The van der Waals surface area contributed by atoms with Gasteiger partial charge in [0, 0.05) is 23.4 Å². The van der Waals surface area contributed by atoms with Gasteiger partial charge >= 0.3 is 5.97 Å². The van der Waals surface area contributed by atoms with Crippen LogP contribution in [-0.2, 0) is 28.0 Å². The molecule has 0 fully saturated rings. The van der Waals surface area contributed by atoms with E-state index < -0.39 is 11.4 Å². The number of aromatic nitrogens is 4. The Morgan fingerprint density at radius 1 is 1.16 bits per heavy atom. The van der Waals surface area contributed by atoms with Gasteiger partial charge in [-0.25, -0.2) is 9.97 Å². The highest BCUT2D eigenvalue weighted by atomic mass is 35.5. The van der Waals surface area contributed by atoms with Crippen molar-refractivity contribution in [2.75, 3.05) is 11.1 Å². The summed E-state index contributed by atoms with van der Waals surface area (Å²) in [6, 6.07) is 12.9. The van der Waals surface area contributed by atoms with Gasteiger partial charge in [0.2, 0.25) is 5.91 Å². The van der Waals surface area contributed by atoms with E-state index in [-0.39, 0.29) is 18.1 Å². The molecule has 0 radical (unpaired) electrons. The van der Waals surface area contributed by atoms with Crippen molar-refractivity contribution in [2.24, 2.45) is 0 Å². The monoisotopic (exact) mass is 532 g/mol. The number of halogens is 1. The number of carboxylic acid groups (broad SMARTS) is 1. The van der Waals surface area contributed by atoms with Crippen LogP contribution in [-0.4, -0.2) is 36.7 Å². The number of carbonyl (C=O) groups excluding carboxylic acids is 1. The Morgan fingerprint density at radius 3 is 2.63 bits per heavy atom. The summed E-state index contributed by atoms with van der Waals surface area (Å²) in [5.74, 6) is -0.226. The molecule has 38 heavy (non-hydrogen) atoms. The van der Waals surface area contributed by atoms with Gasteiger partial charge in [0.05, 0.1) is 11.1 Å². The maximum absolute atomic E-state index is 13.3. The minimum Gasteiger partial charge on any atom is -0.481 e. The van der Waals surface area contributed by atoms with E-state index in [0.29, 0.717) is 34.3 Å². The average Bonchev–Trinajstić information content (AvgIpc) is 3.37. The molecule has 0 unspecified atom stereocenters. The van der Waals surface area contributed by atoms with E-state index in [1.807, 2.05) is 41.1 Å². The molecule has 1 atom stereocenters. The van der Waals surface area contributed by atoms with Gasteiger partial charge in [-0.15, -0.1) is 0 Å². The number of aryl methyl sites for hydroxylation is 2. The van der Waals surface area contributed by atoms with Gasteiger partial charge in [-0.3, -0.25) is 14.3 Å². The van der Waals surface area contributed by atoms with Crippen LogP contribution in [0.5, 0.6) is 0 Å². The summed E-state index contributed by atoms with van der Waals surface area (Å²) < 4.78 is 1.92. The molecule has 0 saturated carbocycles. The summed E-state index contributed by atoms with van der Waals surface area (Å²) in [5.41, 5.74) is 8.98. The molecule has 0 saturated heterocycles. The van der Waals surface area contributed by atoms with E-state index >= 15 is 0 Å². The zero-order valence-electron chi connectivity index (χ0n) is 21.3. The third kappa shape index (κ3) is 4.47. The first-order valence-corrected chi connectivity index (χ1v) is 13.1. The molecule has 196 valence electrons. The van der Waals surface area contributed by atoms with Gasteiger partial charge in [0.25, 0.3) is 0 Å². The lowest BCUT2D eigenvalue weighted by Gasteiger charge is -2.23. The second-order valence-corrected chi connectivity index (χ2v) is 10.2. The van der Waals surface area contributed by atoms with Crippen molar-refractivity contribution < 1.29 is 14.7 Å². The maximum Gasteiger partial charge on any atom is 0.303 e. The molecule has 3 heterocycles. The molecule has 0 aliphatic carbocycles. The van der Waals surface area contributed by atoms with Crippen LogP contribution in [0.2, 0.25) is 5.02 Å². The molecule has 1 aliphatic rings. The molecule has 5 rings (SSSR count). The normalized spacial score (nSPS) is 16.6. The van der Waals surface area contributed by atoms with Crippen molar-refractivity contribution in [2.45, 2.75) is 57.9 Å². The standard InChI is InChI=1S/C28H29ClN6O3/c1-3-4-5-14-35-20-15-18(29)11-12-19(20)23(34-35)26-31-24(30)22-25(32-26)33-27(38)28(22,2)17-9-6-16(7-10-17)8-13-21(36)37/h6-7,9-12,15H,3-5,8,13-14H2,1-2H3,(H,36,37)(H3,30,31,32,33,38)/t28-/m0/s1. The van der Waals surface area contributed by atoms with E-state index in [4.69, 9.17) is 32.5 Å². The smallest absolute Gasteiger partial charge is 0.303 e. The number of carbonyl (C=O) groups is 2. The Hall–Kier alpha value is -3.98. The molecular formula is C28H29ClN6O3. The summed E-state index contributed by atoms with van der Waals surface area (Å²) in [5, 5.41) is 18.1. The highest BCUT2D eigenvalue weighted by Gasteiger charge is 2.47. The molecule has 0 spiro atoms. The lowest BCUT2D eigenvalue weighted by atomic mass is 9.77. The molecule has 4 aromatic rings. The number of nitrogen functional groups attached to an aromatic ring is 1. The first-order valence-electron chi connectivity index (χ1n) is 12.7. The number of hydrogen-bond acceptors (Lipinski definition) is 6. The van der Waals surface area contributed by atoms with Gasteiger partial charge in [-0.05, 0) is 49.1 Å². The van der Waals surface area contributed by atoms with Gasteiger partial charge in [0.15, 0.2) is 5.82 Å². The number of nitrogens with two attached hydrogens (primary N) is 1. The van der Waals surface area contributed by atoms with Crippen LogP contribution < -0.4 is 11.1 Å². The number of anilines is 2. The molecule has 4 N–H and O–H groups in total. The van der Waals surface area contributed by atoms with Crippen LogP contribution in [0.15, 0.2) is 42.5 Å². The summed E-state index contributed by atoms with van der Waals surface area (Å²) in [4.78, 5) is 33.5. The Bertz CT molecular complexity index is 1550. The average molecular weight is 533 g/mol. The Labute approximate surface area is 225 Å². The number of rotatable bonds is 9. The summed E-state index contributed by atoms with van der Waals surface area (Å²) in [6.45, 7) is 4.68.